The van der Waals surface area contributed by atoms with E-state index in [2.05, 4.69) is 0 Å². The van der Waals surface area contributed by atoms with Crippen LogP contribution in [-0.2, 0) is 10.0 Å². The normalized spacial score (nSPS) is 11.1. The molecular weight excluding hydrogens is 360 g/mol. The second-order valence-electron chi connectivity index (χ2n) is 5.41. The highest BCUT2D eigenvalue weighted by atomic mass is 32.2. The van der Waals surface area contributed by atoms with E-state index in [9.17, 15) is 18.5 Å². The Morgan fingerprint density at radius 3 is 2.19 bits per heavy atom. The van der Waals surface area contributed by atoms with E-state index in [4.69, 9.17) is 9.47 Å². The summed E-state index contributed by atoms with van der Waals surface area (Å²) >= 11 is 0. The maximum absolute atomic E-state index is 13.1. The Labute approximate surface area is 152 Å². The minimum atomic E-state index is -3.95. The molecule has 9 heteroatoms. The van der Waals surface area contributed by atoms with Gasteiger partial charge in [-0.15, -0.1) is 0 Å². The fourth-order valence-electron chi connectivity index (χ4n) is 2.60. The largest absolute Gasteiger partial charge is 0.496 e. The lowest BCUT2D eigenvalue weighted by Gasteiger charge is -2.24. The van der Waals surface area contributed by atoms with Gasteiger partial charge < -0.3 is 9.47 Å². The van der Waals surface area contributed by atoms with Gasteiger partial charge in [0.05, 0.1) is 24.0 Å². The second kappa shape index (κ2) is 7.61. The van der Waals surface area contributed by atoms with Crippen molar-refractivity contribution in [3.05, 3.63) is 52.1 Å². The maximum Gasteiger partial charge on any atom is 0.271 e. The Hall–Kier alpha value is -2.81. The number of hydrogen-bond donors (Lipinski definition) is 0. The lowest BCUT2D eigenvalue weighted by atomic mass is 10.2. The number of nitro benzene ring substituents is 1. The van der Waals surface area contributed by atoms with Gasteiger partial charge in [-0.3, -0.25) is 14.4 Å². The third kappa shape index (κ3) is 3.57. The standard InChI is InChI=1S/C17H20N2O6S/c1-5-18(15-11-13(19(20)21)6-8-17(15)25-4)26(22,23)14-7-9-16(24-3)12(2)10-14/h6-11H,5H2,1-4H3. The summed E-state index contributed by atoms with van der Waals surface area (Å²) in [7, 11) is -1.07. The number of sulfonamides is 1. The van der Waals surface area contributed by atoms with Crippen LogP contribution in [0, 0.1) is 17.0 Å². The van der Waals surface area contributed by atoms with Crippen molar-refractivity contribution in [3.8, 4) is 11.5 Å². The molecule has 2 rings (SSSR count). The molecule has 0 radical (unpaired) electrons. The van der Waals surface area contributed by atoms with Crippen LogP contribution in [0.3, 0.4) is 0 Å². The summed E-state index contributed by atoms with van der Waals surface area (Å²) in [5.74, 6) is 0.797. The molecule has 0 unspecified atom stereocenters. The van der Waals surface area contributed by atoms with Crippen LogP contribution in [-0.4, -0.2) is 34.1 Å². The maximum atomic E-state index is 13.1. The predicted octanol–water partition coefficient (Wildman–Crippen LogP) is 3.14. The number of anilines is 1. The highest BCUT2D eigenvalue weighted by molar-refractivity contribution is 7.92. The van der Waals surface area contributed by atoms with Gasteiger partial charge in [-0.25, -0.2) is 8.42 Å². The number of rotatable bonds is 7. The number of hydrogen-bond acceptors (Lipinski definition) is 6. The van der Waals surface area contributed by atoms with E-state index in [1.54, 1.807) is 19.9 Å². The van der Waals surface area contributed by atoms with E-state index in [0.29, 0.717) is 11.3 Å². The summed E-state index contributed by atoms with van der Waals surface area (Å²) < 4.78 is 37.7. The van der Waals surface area contributed by atoms with Gasteiger partial charge in [0.2, 0.25) is 0 Å². The zero-order chi connectivity index (χ0) is 19.5. The molecule has 0 saturated heterocycles. The monoisotopic (exact) mass is 380 g/mol. The lowest BCUT2D eigenvalue weighted by Crippen LogP contribution is -2.31. The van der Waals surface area contributed by atoms with Crippen LogP contribution in [0.4, 0.5) is 11.4 Å². The summed E-state index contributed by atoms with van der Waals surface area (Å²) in [5, 5.41) is 11.1. The first kappa shape index (κ1) is 19.5. The van der Waals surface area contributed by atoms with Crippen molar-refractivity contribution in [2.24, 2.45) is 0 Å². The number of nitro groups is 1. The van der Waals surface area contributed by atoms with E-state index < -0.39 is 14.9 Å². The molecule has 140 valence electrons. The van der Waals surface area contributed by atoms with Crippen molar-refractivity contribution in [2.45, 2.75) is 18.7 Å². The Morgan fingerprint density at radius 2 is 1.69 bits per heavy atom. The Morgan fingerprint density at radius 1 is 1.08 bits per heavy atom. The molecule has 0 fully saturated rings. The van der Waals surface area contributed by atoms with E-state index in [1.165, 1.54) is 44.6 Å². The SMILES string of the molecule is CCN(c1cc([N+](=O)[O-])ccc1OC)S(=O)(=O)c1ccc(OC)c(C)c1. The molecule has 26 heavy (non-hydrogen) atoms. The van der Waals surface area contributed by atoms with Crippen LogP contribution < -0.4 is 13.8 Å². The van der Waals surface area contributed by atoms with E-state index in [1.807, 2.05) is 0 Å². The number of ether oxygens (including phenoxy) is 2. The first-order valence-electron chi connectivity index (χ1n) is 7.76. The number of aryl methyl sites for hydroxylation is 1. The van der Waals surface area contributed by atoms with Crippen LogP contribution in [0.25, 0.3) is 0 Å². The molecule has 0 aromatic heterocycles. The molecule has 0 aliphatic rings. The molecule has 2 aromatic carbocycles. The summed E-state index contributed by atoms with van der Waals surface area (Å²) in [6.07, 6.45) is 0. The van der Waals surface area contributed by atoms with E-state index >= 15 is 0 Å². The Bertz CT molecular complexity index is 927. The minimum Gasteiger partial charge on any atom is -0.496 e. The molecular formula is C17H20N2O6S. The van der Waals surface area contributed by atoms with Crippen LogP contribution in [0.15, 0.2) is 41.3 Å². The molecule has 0 saturated carbocycles. The second-order valence-corrected chi connectivity index (χ2v) is 7.28. The highest BCUT2D eigenvalue weighted by Gasteiger charge is 2.28. The molecule has 2 aromatic rings. The molecule has 0 aliphatic heterocycles. The van der Waals surface area contributed by atoms with Gasteiger partial charge in [-0.2, -0.15) is 0 Å². The third-order valence-electron chi connectivity index (χ3n) is 3.88. The predicted molar refractivity (Wildman–Crippen MR) is 97.6 cm³/mol. The average molecular weight is 380 g/mol. The molecule has 0 heterocycles. The van der Waals surface area contributed by atoms with Gasteiger partial charge >= 0.3 is 0 Å². The number of non-ortho nitro benzene ring substituents is 1. The number of nitrogens with zero attached hydrogens (tertiary/aromatic N) is 2. The van der Waals surface area contributed by atoms with Crippen molar-refractivity contribution in [1.82, 2.24) is 0 Å². The topological polar surface area (TPSA) is 99.0 Å². The molecule has 0 N–H and O–H groups in total. The van der Waals surface area contributed by atoms with Crippen LogP contribution in [0.5, 0.6) is 11.5 Å². The number of methoxy groups -OCH3 is 2. The van der Waals surface area contributed by atoms with Gasteiger partial charge in [-0.1, -0.05) is 0 Å². The minimum absolute atomic E-state index is 0.0613. The van der Waals surface area contributed by atoms with Gasteiger partial charge in [0.15, 0.2) is 0 Å². The van der Waals surface area contributed by atoms with Crippen molar-refractivity contribution in [3.63, 3.8) is 0 Å². The first-order chi connectivity index (χ1) is 12.3. The summed E-state index contributed by atoms with van der Waals surface area (Å²) in [6.45, 7) is 3.46. The van der Waals surface area contributed by atoms with Crippen LogP contribution in [0.2, 0.25) is 0 Å². The van der Waals surface area contributed by atoms with Gasteiger partial charge in [0.25, 0.3) is 15.7 Å². The summed E-state index contributed by atoms with van der Waals surface area (Å²) in [6, 6.07) is 8.34. The number of benzene rings is 2. The fourth-order valence-corrected chi connectivity index (χ4v) is 4.16. The average Bonchev–Trinajstić information content (AvgIpc) is 2.61. The Balaban J connectivity index is 2.61. The zero-order valence-corrected chi connectivity index (χ0v) is 15.7. The van der Waals surface area contributed by atoms with Crippen molar-refractivity contribution in [2.75, 3.05) is 25.1 Å². The van der Waals surface area contributed by atoms with E-state index in [0.717, 1.165) is 4.31 Å². The van der Waals surface area contributed by atoms with Crippen molar-refractivity contribution in [1.29, 1.82) is 0 Å². The fraction of sp³-hybridized carbons (Fsp3) is 0.294. The summed E-state index contributed by atoms with van der Waals surface area (Å²) in [4.78, 5) is 10.6. The zero-order valence-electron chi connectivity index (χ0n) is 14.9. The molecule has 0 aliphatic carbocycles. The van der Waals surface area contributed by atoms with Crippen LogP contribution >= 0.6 is 0 Å². The quantitative estimate of drug-likeness (QED) is 0.540. The third-order valence-corrected chi connectivity index (χ3v) is 5.77. The van der Waals surface area contributed by atoms with Gasteiger partial charge in [0, 0.05) is 18.7 Å². The molecule has 0 bridgehead atoms. The molecule has 0 amide bonds. The smallest absolute Gasteiger partial charge is 0.271 e. The van der Waals surface area contributed by atoms with Gasteiger partial charge in [-0.05, 0) is 43.7 Å². The molecule has 8 nitrogen and oxygen atoms in total. The Kier molecular flexibility index (Phi) is 5.71. The summed E-state index contributed by atoms with van der Waals surface area (Å²) in [5.41, 5.74) is 0.550. The first-order valence-corrected chi connectivity index (χ1v) is 9.20. The molecule has 0 spiro atoms. The van der Waals surface area contributed by atoms with Gasteiger partial charge in [0.1, 0.15) is 17.2 Å². The van der Waals surface area contributed by atoms with E-state index in [-0.39, 0.29) is 28.6 Å². The highest BCUT2D eigenvalue weighted by Crippen LogP contribution is 2.36. The molecule has 0 atom stereocenters. The van der Waals surface area contributed by atoms with Crippen molar-refractivity contribution >= 4 is 21.4 Å². The van der Waals surface area contributed by atoms with Crippen LogP contribution in [0.1, 0.15) is 12.5 Å². The van der Waals surface area contributed by atoms with Crippen molar-refractivity contribution < 1.29 is 22.8 Å². The lowest BCUT2D eigenvalue weighted by molar-refractivity contribution is -0.384.